The van der Waals surface area contributed by atoms with Gasteiger partial charge >= 0.3 is 0 Å². The van der Waals surface area contributed by atoms with Gasteiger partial charge in [0.15, 0.2) is 0 Å². The zero-order chi connectivity index (χ0) is 14.8. The molecule has 2 nitrogen and oxygen atoms in total. The van der Waals surface area contributed by atoms with Gasteiger partial charge in [0.2, 0.25) is 0 Å². The summed E-state index contributed by atoms with van der Waals surface area (Å²) in [5.74, 6) is 0.900. The fourth-order valence-electron chi connectivity index (χ4n) is 2.26. The van der Waals surface area contributed by atoms with Crippen LogP contribution in [0.3, 0.4) is 0 Å². The van der Waals surface area contributed by atoms with Gasteiger partial charge in [0.1, 0.15) is 12.4 Å². The molecule has 1 aliphatic rings. The fraction of sp³-hybridized carbons (Fsp3) is 0.600. The molecule has 0 bridgehead atoms. The molecule has 0 saturated heterocycles. The molecule has 20 heavy (non-hydrogen) atoms. The first-order valence-corrected chi connectivity index (χ1v) is 7.11. The second kappa shape index (κ2) is 6.27. The van der Waals surface area contributed by atoms with Gasteiger partial charge in [-0.1, -0.05) is 19.9 Å². The van der Waals surface area contributed by atoms with Crippen molar-refractivity contribution in [1.82, 2.24) is 0 Å². The molecular formula is C15H19ClF2O2. The Balaban J connectivity index is 1.96. The maximum atomic E-state index is 11.9. The molecule has 0 spiro atoms. The number of ether oxygens (including phenoxy) is 2. The predicted molar refractivity (Wildman–Crippen MR) is 75.0 cm³/mol. The molecular weight excluding hydrogens is 286 g/mol. The van der Waals surface area contributed by atoms with Crippen molar-refractivity contribution in [2.75, 3.05) is 19.8 Å². The van der Waals surface area contributed by atoms with Crippen molar-refractivity contribution in [3.05, 3.63) is 29.3 Å². The van der Waals surface area contributed by atoms with Crippen molar-refractivity contribution in [2.24, 2.45) is 0 Å². The van der Waals surface area contributed by atoms with Crippen LogP contribution in [0.25, 0.3) is 0 Å². The largest absolute Gasteiger partial charge is 0.492 e. The van der Waals surface area contributed by atoms with E-state index in [0.717, 1.165) is 16.9 Å². The van der Waals surface area contributed by atoms with Crippen LogP contribution in [-0.4, -0.2) is 26.2 Å². The highest BCUT2D eigenvalue weighted by Crippen LogP contribution is 2.40. The van der Waals surface area contributed by atoms with Crippen LogP contribution in [0.4, 0.5) is 8.78 Å². The average Bonchev–Trinajstić information content (AvgIpc) is 2.70. The molecule has 1 heterocycles. The molecule has 0 fully saturated rings. The van der Waals surface area contributed by atoms with Crippen LogP contribution in [0, 0.1) is 0 Å². The molecule has 1 aromatic rings. The molecule has 0 aliphatic carbocycles. The van der Waals surface area contributed by atoms with Crippen LogP contribution in [-0.2, 0) is 10.2 Å². The van der Waals surface area contributed by atoms with Crippen molar-refractivity contribution >= 4 is 11.6 Å². The zero-order valence-corrected chi connectivity index (χ0v) is 12.4. The number of hydrogen-bond donors (Lipinski definition) is 0. The highest BCUT2D eigenvalue weighted by atomic mass is 35.5. The minimum Gasteiger partial charge on any atom is -0.492 e. The first-order valence-electron chi connectivity index (χ1n) is 6.67. The van der Waals surface area contributed by atoms with Crippen molar-refractivity contribution in [3.8, 4) is 5.75 Å². The van der Waals surface area contributed by atoms with E-state index in [9.17, 15) is 8.78 Å². The van der Waals surface area contributed by atoms with Gasteiger partial charge in [0.05, 0.1) is 12.0 Å². The molecule has 1 unspecified atom stereocenters. The topological polar surface area (TPSA) is 18.5 Å². The summed E-state index contributed by atoms with van der Waals surface area (Å²) in [4.78, 5) is 0. The third-order valence-corrected chi connectivity index (χ3v) is 3.91. The predicted octanol–water partition coefficient (Wildman–Crippen LogP) is 4.31. The van der Waals surface area contributed by atoms with Crippen molar-refractivity contribution < 1.29 is 18.3 Å². The van der Waals surface area contributed by atoms with E-state index in [-0.39, 0.29) is 17.4 Å². The minimum atomic E-state index is -2.43. The number of halogens is 3. The van der Waals surface area contributed by atoms with Gasteiger partial charge in [-0.3, -0.25) is 0 Å². The quantitative estimate of drug-likeness (QED) is 0.576. The van der Waals surface area contributed by atoms with Crippen LogP contribution in [0.5, 0.6) is 5.75 Å². The molecule has 0 N–H and O–H groups in total. The highest BCUT2D eigenvalue weighted by molar-refractivity contribution is 6.20. The van der Waals surface area contributed by atoms with Crippen LogP contribution >= 0.6 is 11.6 Å². The Morgan fingerprint density at radius 2 is 2.15 bits per heavy atom. The second-order valence-corrected chi connectivity index (χ2v) is 6.18. The molecule has 0 amide bonds. The van der Waals surface area contributed by atoms with Crippen LogP contribution in [0.1, 0.15) is 36.8 Å². The second-order valence-electron chi connectivity index (χ2n) is 5.65. The van der Waals surface area contributed by atoms with E-state index in [1.807, 2.05) is 18.2 Å². The smallest absolute Gasteiger partial charge is 0.261 e. The summed E-state index contributed by atoms with van der Waals surface area (Å²) in [7, 11) is 0. The summed E-state index contributed by atoms with van der Waals surface area (Å²) < 4.78 is 34.4. The maximum absolute atomic E-state index is 11.9. The molecule has 0 saturated carbocycles. The Hall–Kier alpha value is -0.870. The third kappa shape index (κ3) is 3.61. The normalized spacial score (nSPS) is 17.9. The van der Waals surface area contributed by atoms with Crippen LogP contribution in [0.15, 0.2) is 18.2 Å². The molecule has 5 heteroatoms. The average molecular weight is 305 g/mol. The first-order chi connectivity index (χ1) is 9.40. The summed E-state index contributed by atoms with van der Waals surface area (Å²) in [6.45, 7) is 4.61. The van der Waals surface area contributed by atoms with E-state index in [1.165, 1.54) is 0 Å². The summed E-state index contributed by atoms with van der Waals surface area (Å²) in [5.41, 5.74) is 2.10. The Morgan fingerprint density at radius 1 is 1.40 bits per heavy atom. The lowest BCUT2D eigenvalue weighted by Crippen LogP contribution is -2.18. The minimum absolute atomic E-state index is 0.0197. The molecule has 1 aliphatic heterocycles. The van der Waals surface area contributed by atoms with Gasteiger partial charge in [-0.25, -0.2) is 8.78 Å². The van der Waals surface area contributed by atoms with Gasteiger partial charge in [0, 0.05) is 17.6 Å². The lowest BCUT2D eigenvalue weighted by atomic mass is 9.86. The Bertz CT molecular complexity index is 463. The number of rotatable bonds is 6. The molecule has 0 radical (unpaired) electrons. The highest BCUT2D eigenvalue weighted by Gasteiger charge is 2.32. The number of fused-ring (bicyclic) bond motifs is 1. The van der Waals surface area contributed by atoms with E-state index < -0.39 is 13.0 Å². The van der Waals surface area contributed by atoms with Crippen LogP contribution in [0.2, 0.25) is 0 Å². The Labute approximate surface area is 123 Å². The van der Waals surface area contributed by atoms with E-state index in [4.69, 9.17) is 21.1 Å². The standard InChI is InChI=1S/C15H19ClF2O2/c1-15(2)9-20-13-4-3-10(7-11(13)15)12(16)5-6-19-8-14(17)18/h3-4,7,12,14H,5-6,8-9H2,1-2H3. The van der Waals surface area contributed by atoms with Gasteiger partial charge in [-0.15, -0.1) is 11.6 Å². The molecule has 1 aromatic carbocycles. The summed E-state index contributed by atoms with van der Waals surface area (Å²) >= 11 is 6.31. The van der Waals surface area contributed by atoms with Gasteiger partial charge < -0.3 is 9.47 Å². The number of benzene rings is 1. The van der Waals surface area contributed by atoms with E-state index in [1.54, 1.807) is 0 Å². The van der Waals surface area contributed by atoms with E-state index >= 15 is 0 Å². The zero-order valence-electron chi connectivity index (χ0n) is 11.7. The molecule has 1 atom stereocenters. The molecule has 112 valence electrons. The third-order valence-electron chi connectivity index (χ3n) is 3.44. The summed E-state index contributed by atoms with van der Waals surface area (Å²) in [6.07, 6.45) is -1.92. The lowest BCUT2D eigenvalue weighted by Gasteiger charge is -2.17. The van der Waals surface area contributed by atoms with E-state index in [2.05, 4.69) is 13.8 Å². The fourth-order valence-corrected chi connectivity index (χ4v) is 2.48. The number of hydrogen-bond acceptors (Lipinski definition) is 2. The first kappa shape index (κ1) is 15.5. The summed E-state index contributed by atoms with van der Waals surface area (Å²) in [5, 5.41) is -0.241. The van der Waals surface area contributed by atoms with Gasteiger partial charge in [-0.05, 0) is 24.1 Å². The monoisotopic (exact) mass is 304 g/mol. The Morgan fingerprint density at radius 3 is 2.85 bits per heavy atom. The number of alkyl halides is 3. The van der Waals surface area contributed by atoms with Crippen molar-refractivity contribution in [2.45, 2.75) is 37.5 Å². The lowest BCUT2D eigenvalue weighted by molar-refractivity contribution is 0.0165. The van der Waals surface area contributed by atoms with Crippen molar-refractivity contribution in [3.63, 3.8) is 0 Å². The van der Waals surface area contributed by atoms with E-state index in [0.29, 0.717) is 13.0 Å². The Kier molecular flexibility index (Phi) is 4.86. The van der Waals surface area contributed by atoms with Crippen molar-refractivity contribution in [1.29, 1.82) is 0 Å². The van der Waals surface area contributed by atoms with Gasteiger partial charge in [0.25, 0.3) is 6.43 Å². The maximum Gasteiger partial charge on any atom is 0.261 e. The molecule has 0 aromatic heterocycles. The molecule has 2 rings (SSSR count). The summed E-state index contributed by atoms with van der Waals surface area (Å²) in [6, 6.07) is 5.90. The van der Waals surface area contributed by atoms with Crippen LogP contribution < -0.4 is 4.74 Å². The SMILES string of the molecule is CC1(C)COc2ccc(C(Cl)CCOCC(F)F)cc21. The van der Waals surface area contributed by atoms with Gasteiger partial charge in [-0.2, -0.15) is 0 Å².